The molecule has 4 nitrogen and oxygen atoms in total. The third-order valence-electron chi connectivity index (χ3n) is 3.72. The van der Waals surface area contributed by atoms with Crippen LogP contribution in [0.1, 0.15) is 32.6 Å². The summed E-state index contributed by atoms with van der Waals surface area (Å²) in [6.45, 7) is 3.09. The van der Waals surface area contributed by atoms with Gasteiger partial charge < -0.3 is 14.7 Å². The van der Waals surface area contributed by atoms with Crippen LogP contribution in [0.3, 0.4) is 0 Å². The van der Waals surface area contributed by atoms with Crippen molar-refractivity contribution in [2.24, 2.45) is 5.92 Å². The average Bonchev–Trinajstić information content (AvgIpc) is 2.24. The zero-order valence-electron chi connectivity index (χ0n) is 9.89. The van der Waals surface area contributed by atoms with Crippen molar-refractivity contribution in [3.63, 3.8) is 0 Å². The van der Waals surface area contributed by atoms with Gasteiger partial charge in [-0.2, -0.15) is 0 Å². The highest BCUT2D eigenvalue weighted by atomic mass is 16.5. The summed E-state index contributed by atoms with van der Waals surface area (Å²) in [5, 5.41) is 9.05. The second-order valence-corrected chi connectivity index (χ2v) is 5.03. The summed E-state index contributed by atoms with van der Waals surface area (Å²) in [5.41, 5.74) is 0. The van der Waals surface area contributed by atoms with E-state index in [-0.39, 0.29) is 24.7 Å². The Morgan fingerprint density at radius 3 is 2.81 bits per heavy atom. The van der Waals surface area contributed by atoms with Crippen LogP contribution in [0.2, 0.25) is 0 Å². The molecule has 0 radical (unpaired) electrons. The van der Waals surface area contributed by atoms with E-state index in [0.29, 0.717) is 25.5 Å². The number of ether oxygens (including phenoxy) is 1. The number of morpholine rings is 1. The lowest BCUT2D eigenvalue weighted by molar-refractivity contribution is -0.147. The molecule has 0 bridgehead atoms. The van der Waals surface area contributed by atoms with Gasteiger partial charge in [0, 0.05) is 13.0 Å². The first kappa shape index (κ1) is 11.9. The lowest BCUT2D eigenvalue weighted by Gasteiger charge is -2.38. The van der Waals surface area contributed by atoms with Crippen LogP contribution >= 0.6 is 0 Å². The van der Waals surface area contributed by atoms with Crippen molar-refractivity contribution in [2.75, 3.05) is 19.8 Å². The van der Waals surface area contributed by atoms with Crippen LogP contribution in [0.5, 0.6) is 0 Å². The standard InChI is InChI=1S/C12H21NO3/c1-9-8-16-11(7-14)6-13(9)12(15)5-10-3-2-4-10/h9-11,14H,2-8H2,1H3. The number of hydrogen-bond acceptors (Lipinski definition) is 3. The van der Waals surface area contributed by atoms with Crippen LogP contribution in [0.15, 0.2) is 0 Å². The maximum absolute atomic E-state index is 12.1. The highest BCUT2D eigenvalue weighted by Gasteiger charge is 2.31. The molecule has 2 aliphatic rings. The zero-order chi connectivity index (χ0) is 11.5. The molecular formula is C12H21NO3. The molecule has 1 saturated carbocycles. The summed E-state index contributed by atoms with van der Waals surface area (Å²) >= 11 is 0. The van der Waals surface area contributed by atoms with E-state index in [9.17, 15) is 4.79 Å². The average molecular weight is 227 g/mol. The molecule has 2 rings (SSSR count). The van der Waals surface area contributed by atoms with E-state index in [4.69, 9.17) is 9.84 Å². The summed E-state index contributed by atoms with van der Waals surface area (Å²) in [4.78, 5) is 13.9. The molecule has 2 atom stereocenters. The summed E-state index contributed by atoms with van der Waals surface area (Å²) in [6.07, 6.45) is 4.17. The SMILES string of the molecule is CC1COC(CO)CN1C(=O)CC1CCC1. The van der Waals surface area contributed by atoms with Crippen molar-refractivity contribution in [1.82, 2.24) is 4.90 Å². The summed E-state index contributed by atoms with van der Waals surface area (Å²) in [5.74, 6) is 0.842. The number of hydrogen-bond donors (Lipinski definition) is 1. The molecule has 0 spiro atoms. The Morgan fingerprint density at radius 1 is 1.50 bits per heavy atom. The largest absolute Gasteiger partial charge is 0.394 e. The van der Waals surface area contributed by atoms with Crippen LogP contribution in [0.25, 0.3) is 0 Å². The van der Waals surface area contributed by atoms with Gasteiger partial charge in [0.15, 0.2) is 0 Å². The molecular weight excluding hydrogens is 206 g/mol. The minimum absolute atomic E-state index is 0.0000709. The minimum atomic E-state index is -0.193. The van der Waals surface area contributed by atoms with E-state index in [1.54, 1.807) is 0 Å². The molecule has 0 aromatic rings. The highest BCUT2D eigenvalue weighted by molar-refractivity contribution is 5.77. The third-order valence-corrected chi connectivity index (χ3v) is 3.72. The summed E-state index contributed by atoms with van der Waals surface area (Å²) in [6, 6.07) is 0.148. The highest BCUT2D eigenvalue weighted by Crippen LogP contribution is 2.30. The van der Waals surface area contributed by atoms with Gasteiger partial charge in [-0.3, -0.25) is 4.79 Å². The fourth-order valence-corrected chi connectivity index (χ4v) is 2.34. The van der Waals surface area contributed by atoms with Crippen LogP contribution in [-0.4, -0.2) is 47.8 Å². The monoisotopic (exact) mass is 227 g/mol. The second-order valence-electron chi connectivity index (χ2n) is 5.03. The van der Waals surface area contributed by atoms with Crippen LogP contribution in [0, 0.1) is 5.92 Å². The summed E-state index contributed by atoms with van der Waals surface area (Å²) < 4.78 is 5.42. The molecule has 1 aliphatic carbocycles. The maximum Gasteiger partial charge on any atom is 0.223 e. The molecule has 1 amide bonds. The van der Waals surface area contributed by atoms with Gasteiger partial charge in [-0.1, -0.05) is 6.42 Å². The van der Waals surface area contributed by atoms with Crippen molar-refractivity contribution < 1.29 is 14.6 Å². The predicted octanol–water partition coefficient (Wildman–Crippen LogP) is 0.785. The van der Waals surface area contributed by atoms with Gasteiger partial charge in [0.05, 0.1) is 25.4 Å². The quantitative estimate of drug-likeness (QED) is 0.775. The van der Waals surface area contributed by atoms with Gasteiger partial charge in [0.25, 0.3) is 0 Å². The number of aliphatic hydroxyl groups is 1. The Kier molecular flexibility index (Phi) is 3.82. The lowest BCUT2D eigenvalue weighted by atomic mass is 9.82. The minimum Gasteiger partial charge on any atom is -0.394 e. The number of aliphatic hydroxyl groups excluding tert-OH is 1. The van der Waals surface area contributed by atoms with Crippen molar-refractivity contribution >= 4 is 5.91 Å². The van der Waals surface area contributed by atoms with E-state index >= 15 is 0 Å². The van der Waals surface area contributed by atoms with E-state index in [2.05, 4.69) is 0 Å². The normalized spacial score (nSPS) is 31.2. The van der Waals surface area contributed by atoms with E-state index < -0.39 is 0 Å². The molecule has 0 aromatic heterocycles. The lowest BCUT2D eigenvalue weighted by Crippen LogP contribution is -2.52. The van der Waals surface area contributed by atoms with Crippen LogP contribution in [-0.2, 0) is 9.53 Å². The fourth-order valence-electron chi connectivity index (χ4n) is 2.34. The number of carbonyl (C=O) groups is 1. The Morgan fingerprint density at radius 2 is 2.25 bits per heavy atom. The third kappa shape index (κ3) is 2.55. The van der Waals surface area contributed by atoms with Gasteiger partial charge in [0.1, 0.15) is 0 Å². The Hall–Kier alpha value is -0.610. The van der Waals surface area contributed by atoms with E-state index in [1.165, 1.54) is 19.3 Å². The molecule has 1 heterocycles. The zero-order valence-corrected chi connectivity index (χ0v) is 9.89. The van der Waals surface area contributed by atoms with Crippen molar-refractivity contribution in [3.8, 4) is 0 Å². The molecule has 92 valence electrons. The molecule has 16 heavy (non-hydrogen) atoms. The first-order valence-electron chi connectivity index (χ1n) is 6.22. The molecule has 1 saturated heterocycles. The Balaban J connectivity index is 1.86. The number of amides is 1. The van der Waals surface area contributed by atoms with Gasteiger partial charge in [-0.05, 0) is 25.7 Å². The summed E-state index contributed by atoms with van der Waals surface area (Å²) in [7, 11) is 0. The number of carbonyl (C=O) groups excluding carboxylic acids is 1. The van der Waals surface area contributed by atoms with Gasteiger partial charge in [0.2, 0.25) is 5.91 Å². The Labute approximate surface area is 96.6 Å². The Bertz CT molecular complexity index is 253. The molecule has 2 fully saturated rings. The fraction of sp³-hybridized carbons (Fsp3) is 0.917. The number of rotatable bonds is 3. The smallest absolute Gasteiger partial charge is 0.223 e. The molecule has 2 unspecified atom stereocenters. The van der Waals surface area contributed by atoms with Crippen LogP contribution in [0.4, 0.5) is 0 Å². The molecule has 1 aliphatic heterocycles. The molecule has 1 N–H and O–H groups in total. The number of nitrogens with zero attached hydrogens (tertiary/aromatic N) is 1. The first-order valence-corrected chi connectivity index (χ1v) is 6.22. The van der Waals surface area contributed by atoms with Gasteiger partial charge in [-0.25, -0.2) is 0 Å². The molecule has 4 heteroatoms. The first-order chi connectivity index (χ1) is 7.70. The maximum atomic E-state index is 12.1. The van der Waals surface area contributed by atoms with E-state index in [0.717, 1.165) is 0 Å². The van der Waals surface area contributed by atoms with E-state index in [1.807, 2.05) is 11.8 Å². The van der Waals surface area contributed by atoms with Gasteiger partial charge in [-0.15, -0.1) is 0 Å². The molecule has 0 aromatic carbocycles. The predicted molar refractivity (Wildman–Crippen MR) is 60.0 cm³/mol. The second kappa shape index (κ2) is 5.15. The topological polar surface area (TPSA) is 49.8 Å². The van der Waals surface area contributed by atoms with Crippen molar-refractivity contribution in [2.45, 2.75) is 44.8 Å². The van der Waals surface area contributed by atoms with Crippen LogP contribution < -0.4 is 0 Å². The van der Waals surface area contributed by atoms with Crippen molar-refractivity contribution in [1.29, 1.82) is 0 Å². The van der Waals surface area contributed by atoms with Gasteiger partial charge >= 0.3 is 0 Å². The van der Waals surface area contributed by atoms with Crippen molar-refractivity contribution in [3.05, 3.63) is 0 Å².